The minimum atomic E-state index is -0.00560. The Morgan fingerprint density at radius 1 is 1.21 bits per heavy atom. The predicted octanol–water partition coefficient (Wildman–Crippen LogP) is 2.11. The van der Waals surface area contributed by atoms with Crippen LogP contribution in [0.1, 0.15) is 20.3 Å². The van der Waals surface area contributed by atoms with Gasteiger partial charge in [-0.1, -0.05) is 13.8 Å². The van der Waals surface area contributed by atoms with Crippen LogP contribution in [0, 0.1) is 5.41 Å². The molecular weight excluding hydrogens is 244 g/mol. The van der Waals surface area contributed by atoms with Gasteiger partial charge >= 0.3 is 0 Å². The molecule has 0 aliphatic heterocycles. The summed E-state index contributed by atoms with van der Waals surface area (Å²) in [5.74, 6) is 1.25. The quantitative estimate of drug-likeness (QED) is 0.660. The van der Waals surface area contributed by atoms with Gasteiger partial charge in [0.1, 0.15) is 0 Å². The molecular formula is C14H24N2O3. The SMILES string of the molecule is COc1cc(N)c(NCC(C)(C)CCO)cc1OC. The second-order valence-corrected chi connectivity index (χ2v) is 5.29. The minimum Gasteiger partial charge on any atom is -0.493 e. The Morgan fingerprint density at radius 3 is 2.32 bits per heavy atom. The summed E-state index contributed by atoms with van der Waals surface area (Å²) >= 11 is 0. The van der Waals surface area contributed by atoms with Crippen LogP contribution in [0.15, 0.2) is 12.1 Å². The smallest absolute Gasteiger partial charge is 0.162 e. The molecule has 1 aromatic carbocycles. The second kappa shape index (κ2) is 6.52. The van der Waals surface area contributed by atoms with Gasteiger partial charge in [0.15, 0.2) is 11.5 Å². The largest absolute Gasteiger partial charge is 0.493 e. The minimum absolute atomic E-state index is 0.00560. The third kappa shape index (κ3) is 4.21. The highest BCUT2D eigenvalue weighted by atomic mass is 16.5. The second-order valence-electron chi connectivity index (χ2n) is 5.29. The zero-order chi connectivity index (χ0) is 14.5. The van der Waals surface area contributed by atoms with Gasteiger partial charge in [-0.3, -0.25) is 0 Å². The third-order valence-corrected chi connectivity index (χ3v) is 3.10. The number of hydrogen-bond acceptors (Lipinski definition) is 5. The highest BCUT2D eigenvalue weighted by Crippen LogP contribution is 2.35. The van der Waals surface area contributed by atoms with E-state index in [0.717, 1.165) is 12.1 Å². The molecule has 1 rings (SSSR count). The predicted molar refractivity (Wildman–Crippen MR) is 77.9 cm³/mol. The lowest BCUT2D eigenvalue weighted by molar-refractivity contribution is 0.220. The Morgan fingerprint density at radius 2 is 1.79 bits per heavy atom. The molecule has 5 nitrogen and oxygen atoms in total. The van der Waals surface area contributed by atoms with Crippen molar-refractivity contribution in [2.45, 2.75) is 20.3 Å². The molecule has 5 heteroatoms. The number of benzene rings is 1. The van der Waals surface area contributed by atoms with Gasteiger partial charge in [-0.25, -0.2) is 0 Å². The van der Waals surface area contributed by atoms with E-state index in [9.17, 15) is 0 Å². The Labute approximate surface area is 114 Å². The van der Waals surface area contributed by atoms with Crippen LogP contribution in [0.3, 0.4) is 0 Å². The number of aliphatic hydroxyl groups excluding tert-OH is 1. The van der Waals surface area contributed by atoms with E-state index in [1.165, 1.54) is 0 Å². The molecule has 0 aliphatic rings. The Balaban J connectivity index is 2.84. The molecule has 4 N–H and O–H groups in total. The number of nitrogens with two attached hydrogens (primary N) is 1. The van der Waals surface area contributed by atoms with E-state index in [2.05, 4.69) is 19.2 Å². The van der Waals surface area contributed by atoms with Crippen LogP contribution in [-0.4, -0.2) is 32.5 Å². The summed E-state index contributed by atoms with van der Waals surface area (Å²) in [6, 6.07) is 3.56. The van der Waals surface area contributed by atoms with Crippen molar-refractivity contribution in [3.05, 3.63) is 12.1 Å². The monoisotopic (exact) mass is 268 g/mol. The van der Waals surface area contributed by atoms with Crippen LogP contribution in [0.25, 0.3) is 0 Å². The molecule has 0 unspecified atom stereocenters. The lowest BCUT2D eigenvalue weighted by Gasteiger charge is -2.25. The van der Waals surface area contributed by atoms with E-state index in [4.69, 9.17) is 20.3 Å². The third-order valence-electron chi connectivity index (χ3n) is 3.10. The number of ether oxygens (including phenoxy) is 2. The van der Waals surface area contributed by atoms with E-state index in [-0.39, 0.29) is 12.0 Å². The van der Waals surface area contributed by atoms with Crippen molar-refractivity contribution in [3.8, 4) is 11.5 Å². The zero-order valence-electron chi connectivity index (χ0n) is 12.1. The van der Waals surface area contributed by atoms with Crippen LogP contribution in [-0.2, 0) is 0 Å². The fourth-order valence-corrected chi connectivity index (χ4v) is 1.77. The molecule has 0 bridgehead atoms. The first-order chi connectivity index (χ1) is 8.93. The number of methoxy groups -OCH3 is 2. The van der Waals surface area contributed by atoms with E-state index < -0.39 is 0 Å². The molecule has 0 heterocycles. The van der Waals surface area contributed by atoms with Gasteiger partial charge in [-0.05, 0) is 11.8 Å². The molecule has 19 heavy (non-hydrogen) atoms. The molecule has 1 aromatic rings. The number of aliphatic hydroxyl groups is 1. The lowest BCUT2D eigenvalue weighted by atomic mass is 9.89. The summed E-state index contributed by atoms with van der Waals surface area (Å²) in [5, 5.41) is 12.3. The van der Waals surface area contributed by atoms with Crippen LogP contribution >= 0.6 is 0 Å². The molecule has 0 aliphatic carbocycles. The van der Waals surface area contributed by atoms with Crippen LogP contribution in [0.4, 0.5) is 11.4 Å². The number of nitrogens with one attached hydrogen (secondary N) is 1. The van der Waals surface area contributed by atoms with Gasteiger partial charge in [-0.15, -0.1) is 0 Å². The summed E-state index contributed by atoms with van der Waals surface area (Å²) in [7, 11) is 3.17. The molecule has 108 valence electrons. The van der Waals surface area contributed by atoms with Gasteiger partial charge in [-0.2, -0.15) is 0 Å². The Hall–Kier alpha value is -1.62. The molecule has 0 fully saturated rings. The summed E-state index contributed by atoms with van der Waals surface area (Å²) in [4.78, 5) is 0. The fraction of sp³-hybridized carbons (Fsp3) is 0.571. The van der Waals surface area contributed by atoms with Crippen molar-refractivity contribution < 1.29 is 14.6 Å². The normalized spacial score (nSPS) is 11.2. The molecule has 0 saturated carbocycles. The number of nitrogen functional groups attached to an aromatic ring is 1. The summed E-state index contributed by atoms with van der Waals surface area (Å²) in [6.45, 7) is 5.07. The molecule has 0 radical (unpaired) electrons. The van der Waals surface area contributed by atoms with Crippen LogP contribution < -0.4 is 20.5 Å². The zero-order valence-corrected chi connectivity index (χ0v) is 12.1. The van der Waals surface area contributed by atoms with Crippen molar-refractivity contribution in [1.82, 2.24) is 0 Å². The number of anilines is 2. The maximum Gasteiger partial charge on any atom is 0.162 e. The maximum absolute atomic E-state index is 9.02. The maximum atomic E-state index is 9.02. The fourth-order valence-electron chi connectivity index (χ4n) is 1.77. The number of rotatable bonds is 7. The van der Waals surface area contributed by atoms with Crippen molar-refractivity contribution >= 4 is 11.4 Å². The van der Waals surface area contributed by atoms with E-state index in [1.54, 1.807) is 20.3 Å². The van der Waals surface area contributed by atoms with E-state index in [0.29, 0.717) is 23.7 Å². The van der Waals surface area contributed by atoms with E-state index in [1.807, 2.05) is 6.07 Å². The van der Waals surface area contributed by atoms with Gasteiger partial charge < -0.3 is 25.6 Å². The standard InChI is InChI=1S/C14H24N2O3/c1-14(2,5-6-17)9-16-11-8-13(19-4)12(18-3)7-10(11)15/h7-8,16-17H,5-6,9,15H2,1-4H3. The molecule has 0 aromatic heterocycles. The lowest BCUT2D eigenvalue weighted by Crippen LogP contribution is -2.24. The van der Waals surface area contributed by atoms with Crippen LogP contribution in [0.2, 0.25) is 0 Å². The molecule has 0 saturated heterocycles. The van der Waals surface area contributed by atoms with Crippen molar-refractivity contribution in [2.75, 3.05) is 38.4 Å². The van der Waals surface area contributed by atoms with Gasteiger partial charge in [0, 0.05) is 25.3 Å². The summed E-state index contributed by atoms with van der Waals surface area (Å²) in [6.07, 6.45) is 0.729. The van der Waals surface area contributed by atoms with Crippen molar-refractivity contribution in [3.63, 3.8) is 0 Å². The summed E-state index contributed by atoms with van der Waals surface area (Å²) in [5.41, 5.74) is 7.39. The van der Waals surface area contributed by atoms with Crippen LogP contribution in [0.5, 0.6) is 11.5 Å². The average molecular weight is 268 g/mol. The highest BCUT2D eigenvalue weighted by molar-refractivity contribution is 5.72. The molecule has 0 atom stereocenters. The first-order valence-corrected chi connectivity index (χ1v) is 6.30. The topological polar surface area (TPSA) is 76.7 Å². The number of hydrogen-bond donors (Lipinski definition) is 3. The van der Waals surface area contributed by atoms with Gasteiger partial charge in [0.05, 0.1) is 25.6 Å². The van der Waals surface area contributed by atoms with Gasteiger partial charge in [0.2, 0.25) is 0 Å². The highest BCUT2D eigenvalue weighted by Gasteiger charge is 2.18. The van der Waals surface area contributed by atoms with E-state index >= 15 is 0 Å². The Bertz CT molecular complexity index is 419. The van der Waals surface area contributed by atoms with Crippen molar-refractivity contribution in [1.29, 1.82) is 0 Å². The Kier molecular flexibility index (Phi) is 5.30. The van der Waals surface area contributed by atoms with Gasteiger partial charge in [0.25, 0.3) is 0 Å². The molecule has 0 amide bonds. The first kappa shape index (κ1) is 15.4. The average Bonchev–Trinajstić information content (AvgIpc) is 2.36. The molecule has 0 spiro atoms. The first-order valence-electron chi connectivity index (χ1n) is 6.30. The van der Waals surface area contributed by atoms with Crippen molar-refractivity contribution in [2.24, 2.45) is 5.41 Å². The summed E-state index contributed by atoms with van der Waals surface area (Å²) < 4.78 is 10.4.